The number of ether oxygens (including phenoxy) is 1. The number of rotatable bonds is 6. The van der Waals surface area contributed by atoms with Crippen LogP contribution in [0.2, 0.25) is 0 Å². The van der Waals surface area contributed by atoms with Crippen molar-refractivity contribution in [2.75, 3.05) is 31.6 Å². The molecule has 3 aliphatic rings. The molecule has 3 aliphatic heterocycles. The van der Waals surface area contributed by atoms with E-state index in [4.69, 9.17) is 4.74 Å². The van der Waals surface area contributed by atoms with E-state index in [9.17, 15) is 9.18 Å². The number of benzene rings is 2. The number of nitrogens with zero attached hydrogens (tertiary/aromatic N) is 2. The van der Waals surface area contributed by atoms with E-state index in [0.717, 1.165) is 30.8 Å². The molecule has 4 unspecified atom stereocenters. The van der Waals surface area contributed by atoms with Gasteiger partial charge in [-0.3, -0.25) is 14.7 Å². The summed E-state index contributed by atoms with van der Waals surface area (Å²) in [6, 6.07) is 13.6. The molecule has 0 saturated carbocycles. The molecule has 3 heterocycles. The Bertz CT molecular complexity index is 1020. The lowest BCUT2D eigenvalue weighted by Crippen LogP contribution is -2.48. The monoisotopic (exact) mass is 452 g/mol. The summed E-state index contributed by atoms with van der Waals surface area (Å²) in [6.07, 6.45) is 3.33. The molecule has 174 valence electrons. The molecule has 2 fully saturated rings. The van der Waals surface area contributed by atoms with Crippen LogP contribution in [0.4, 0.5) is 10.1 Å². The standard InChI is InChI=1S/C24H29FN6O2/c25-18-5-1-3-16(11-18)13-28-24(32)17-4-2-6-19(12-17)27-15-22-29-30-23-20-7-8-26-14-21(20)33-10-9-31(22)23/h1-6,11-12,14,20-23,27,29-30H,7-10,13,15H2,(H,28,32). The Morgan fingerprint density at radius 2 is 2.12 bits per heavy atom. The van der Waals surface area contributed by atoms with Gasteiger partial charge in [-0.05, 0) is 42.3 Å². The third-order valence-corrected chi connectivity index (χ3v) is 6.45. The summed E-state index contributed by atoms with van der Waals surface area (Å²) in [6.45, 7) is 3.29. The van der Waals surface area contributed by atoms with Gasteiger partial charge in [0.15, 0.2) is 0 Å². The van der Waals surface area contributed by atoms with Gasteiger partial charge in [-0.25, -0.2) is 15.2 Å². The minimum Gasteiger partial charge on any atom is -0.382 e. The highest BCUT2D eigenvalue weighted by atomic mass is 19.1. The fourth-order valence-electron chi connectivity index (χ4n) is 4.75. The number of nitrogens with one attached hydrogen (secondary N) is 4. The van der Waals surface area contributed by atoms with Crippen molar-refractivity contribution in [2.24, 2.45) is 10.9 Å². The van der Waals surface area contributed by atoms with Gasteiger partial charge in [-0.15, -0.1) is 0 Å². The normalized spacial score (nSPS) is 26.8. The van der Waals surface area contributed by atoms with E-state index in [-0.39, 0.29) is 36.7 Å². The first-order valence-electron chi connectivity index (χ1n) is 11.4. The number of fused-ring (bicyclic) bond motifs is 3. The Morgan fingerprint density at radius 1 is 1.21 bits per heavy atom. The van der Waals surface area contributed by atoms with E-state index in [1.165, 1.54) is 12.1 Å². The molecule has 5 rings (SSSR count). The fraction of sp³-hybridized carbons (Fsp3) is 0.417. The number of anilines is 1. The minimum atomic E-state index is -0.312. The predicted molar refractivity (Wildman–Crippen MR) is 124 cm³/mol. The molecule has 0 radical (unpaired) electrons. The van der Waals surface area contributed by atoms with Crippen molar-refractivity contribution in [3.05, 3.63) is 65.5 Å². The first-order chi connectivity index (χ1) is 16.2. The zero-order valence-corrected chi connectivity index (χ0v) is 18.3. The highest BCUT2D eigenvalue weighted by Crippen LogP contribution is 2.28. The van der Waals surface area contributed by atoms with Crippen molar-refractivity contribution in [3.8, 4) is 0 Å². The maximum absolute atomic E-state index is 13.3. The van der Waals surface area contributed by atoms with E-state index in [2.05, 4.69) is 31.4 Å². The van der Waals surface area contributed by atoms with E-state index in [1.807, 2.05) is 24.4 Å². The Hall–Kier alpha value is -2.85. The maximum Gasteiger partial charge on any atom is 0.251 e. The molecule has 1 amide bonds. The molecule has 0 aliphatic carbocycles. The molecular formula is C24H29FN6O2. The maximum atomic E-state index is 13.3. The van der Waals surface area contributed by atoms with Crippen LogP contribution in [-0.2, 0) is 11.3 Å². The number of halogens is 1. The first kappa shape index (κ1) is 22.0. The van der Waals surface area contributed by atoms with E-state index < -0.39 is 0 Å². The van der Waals surface area contributed by atoms with Crippen LogP contribution in [0.5, 0.6) is 0 Å². The smallest absolute Gasteiger partial charge is 0.251 e. The van der Waals surface area contributed by atoms with Crippen LogP contribution in [0.3, 0.4) is 0 Å². The van der Waals surface area contributed by atoms with Gasteiger partial charge in [0.25, 0.3) is 5.91 Å². The van der Waals surface area contributed by atoms with Gasteiger partial charge in [0.05, 0.1) is 25.0 Å². The summed E-state index contributed by atoms with van der Waals surface area (Å²) >= 11 is 0. The van der Waals surface area contributed by atoms with Crippen molar-refractivity contribution >= 4 is 17.8 Å². The number of hydrogen-bond donors (Lipinski definition) is 4. The van der Waals surface area contributed by atoms with Crippen molar-refractivity contribution in [3.63, 3.8) is 0 Å². The Morgan fingerprint density at radius 3 is 3.03 bits per heavy atom. The SMILES string of the molecule is O=C(NCc1cccc(F)c1)c1cccc(NCC2NNC3C4CCN=CC4OCCN23)c1. The number of aliphatic imine (C=N–C) groups is 1. The van der Waals surface area contributed by atoms with Crippen LogP contribution >= 0.6 is 0 Å². The second kappa shape index (κ2) is 9.96. The van der Waals surface area contributed by atoms with Gasteiger partial charge in [0.1, 0.15) is 5.82 Å². The molecule has 0 spiro atoms. The quantitative estimate of drug-likeness (QED) is 0.534. The molecule has 33 heavy (non-hydrogen) atoms. The second-order valence-electron chi connectivity index (χ2n) is 8.60. The molecule has 0 bridgehead atoms. The summed E-state index contributed by atoms with van der Waals surface area (Å²) in [4.78, 5) is 19.4. The third-order valence-electron chi connectivity index (χ3n) is 6.45. The van der Waals surface area contributed by atoms with Crippen LogP contribution in [0.15, 0.2) is 53.5 Å². The van der Waals surface area contributed by atoms with Crippen LogP contribution < -0.4 is 21.5 Å². The summed E-state index contributed by atoms with van der Waals surface area (Å²) in [7, 11) is 0. The highest BCUT2D eigenvalue weighted by molar-refractivity contribution is 5.95. The van der Waals surface area contributed by atoms with Crippen molar-refractivity contribution < 1.29 is 13.9 Å². The number of hydrazine groups is 1. The lowest BCUT2D eigenvalue weighted by molar-refractivity contribution is 0.0651. The predicted octanol–water partition coefficient (Wildman–Crippen LogP) is 1.72. The van der Waals surface area contributed by atoms with Gasteiger partial charge >= 0.3 is 0 Å². The van der Waals surface area contributed by atoms with Gasteiger partial charge in [0, 0.05) is 49.6 Å². The molecule has 8 nitrogen and oxygen atoms in total. The highest BCUT2D eigenvalue weighted by Gasteiger charge is 2.43. The Labute approximate surface area is 192 Å². The van der Waals surface area contributed by atoms with Gasteiger partial charge in [0.2, 0.25) is 0 Å². The zero-order valence-electron chi connectivity index (χ0n) is 18.3. The molecule has 2 aromatic rings. The average Bonchev–Trinajstić information content (AvgIpc) is 3.14. The fourth-order valence-corrected chi connectivity index (χ4v) is 4.75. The second-order valence-corrected chi connectivity index (χ2v) is 8.60. The van der Waals surface area contributed by atoms with Crippen LogP contribution in [0.1, 0.15) is 22.3 Å². The van der Waals surface area contributed by atoms with Crippen molar-refractivity contribution in [1.82, 2.24) is 21.1 Å². The summed E-state index contributed by atoms with van der Waals surface area (Å²) in [5.41, 5.74) is 9.01. The van der Waals surface area contributed by atoms with Gasteiger partial charge < -0.3 is 15.4 Å². The average molecular weight is 453 g/mol. The number of amides is 1. The molecule has 2 saturated heterocycles. The summed E-state index contributed by atoms with van der Waals surface area (Å²) in [5.74, 6) is -0.140. The van der Waals surface area contributed by atoms with Crippen LogP contribution in [0, 0.1) is 11.7 Å². The molecule has 0 aromatic heterocycles. The number of carbonyl (C=O) groups is 1. The molecular weight excluding hydrogens is 423 g/mol. The number of hydrogen-bond acceptors (Lipinski definition) is 7. The van der Waals surface area contributed by atoms with Crippen LogP contribution in [0.25, 0.3) is 0 Å². The lowest BCUT2D eigenvalue weighted by atomic mass is 9.93. The van der Waals surface area contributed by atoms with E-state index in [1.54, 1.807) is 18.2 Å². The Balaban J connectivity index is 1.17. The van der Waals surface area contributed by atoms with Crippen LogP contribution in [-0.4, -0.2) is 61.7 Å². The van der Waals surface area contributed by atoms with Crippen molar-refractivity contribution in [1.29, 1.82) is 0 Å². The molecule has 4 N–H and O–H groups in total. The largest absolute Gasteiger partial charge is 0.382 e. The molecule has 4 atom stereocenters. The summed E-state index contributed by atoms with van der Waals surface area (Å²) < 4.78 is 19.4. The number of carbonyl (C=O) groups excluding carboxylic acids is 1. The van der Waals surface area contributed by atoms with Crippen molar-refractivity contribution in [2.45, 2.75) is 31.4 Å². The molecule has 9 heteroatoms. The van der Waals surface area contributed by atoms with E-state index >= 15 is 0 Å². The lowest BCUT2D eigenvalue weighted by Gasteiger charge is -2.33. The first-order valence-corrected chi connectivity index (χ1v) is 11.4. The Kier molecular flexibility index (Phi) is 6.63. The molecule has 2 aromatic carbocycles. The topological polar surface area (TPSA) is 90.0 Å². The zero-order chi connectivity index (χ0) is 22.6. The van der Waals surface area contributed by atoms with Gasteiger partial charge in [-0.2, -0.15) is 0 Å². The third kappa shape index (κ3) is 5.06. The minimum absolute atomic E-state index is 0.0670. The van der Waals surface area contributed by atoms with Gasteiger partial charge in [-0.1, -0.05) is 18.2 Å². The van der Waals surface area contributed by atoms with E-state index in [0.29, 0.717) is 24.6 Å². The summed E-state index contributed by atoms with van der Waals surface area (Å²) in [5, 5.41) is 6.30.